The molecule has 10 atom stereocenters. The number of aromatic amines is 1. The number of carbonyl (C=O) groups excluding carboxylic acids is 12. The Morgan fingerprint density at radius 2 is 0.988 bits per heavy atom. The van der Waals surface area contributed by atoms with Crippen molar-refractivity contribution in [1.82, 2.24) is 52.8 Å². The normalized spacial score (nSPS) is 14.8. The molecular formula is C57H93N15O14. The summed E-state index contributed by atoms with van der Waals surface area (Å²) in [5, 5.41) is 33.4. The van der Waals surface area contributed by atoms with Crippen LogP contribution in [0.5, 0.6) is 0 Å². The SMILES string of the molecule is CC[C@H](C)[C@H](NC(=O)[C@H](Cc1c[nH]c2ccccc12)NC(=O)[C@H](CCC(N)=O)NC(=O)[C@H](CCC(N)=O)NC(=O)[C@H](CC(C)C)NC(=O)CNC(=O)[C@@H](NC(=O)[C@@H](N)CC(C)C)C(C)C)C(=O)N[C@@H](CCC(N)=O)C(=O)N[C@@H](CCCCN)C(=O)O. The van der Waals surface area contributed by atoms with Gasteiger partial charge in [0, 0.05) is 42.8 Å². The maximum Gasteiger partial charge on any atom is 0.326 e. The van der Waals surface area contributed by atoms with Crippen LogP contribution in [0.15, 0.2) is 30.5 Å². The molecule has 29 heteroatoms. The van der Waals surface area contributed by atoms with Crippen LogP contribution >= 0.6 is 0 Å². The van der Waals surface area contributed by atoms with E-state index in [0.29, 0.717) is 35.7 Å². The first kappa shape index (κ1) is 73.9. The van der Waals surface area contributed by atoms with Crippen molar-refractivity contribution in [2.24, 2.45) is 52.3 Å². The number of benzene rings is 1. The average Bonchev–Trinajstić information content (AvgIpc) is 3.52. The van der Waals surface area contributed by atoms with E-state index in [1.807, 2.05) is 13.8 Å². The van der Waals surface area contributed by atoms with Crippen LogP contribution in [0, 0.1) is 23.7 Å². The summed E-state index contributed by atoms with van der Waals surface area (Å²) in [7, 11) is 0. The maximum atomic E-state index is 14.7. The van der Waals surface area contributed by atoms with E-state index >= 15 is 0 Å². The lowest BCUT2D eigenvalue weighted by Gasteiger charge is -2.29. The number of fused-ring (bicyclic) bond motifs is 1. The summed E-state index contributed by atoms with van der Waals surface area (Å²) in [5.41, 5.74) is 29.1. The molecule has 1 aromatic heterocycles. The summed E-state index contributed by atoms with van der Waals surface area (Å²) in [6.07, 6.45) is 0.230. The van der Waals surface area contributed by atoms with Gasteiger partial charge in [0.05, 0.1) is 12.6 Å². The highest BCUT2D eigenvalue weighted by atomic mass is 16.4. The second kappa shape index (κ2) is 37.3. The first-order chi connectivity index (χ1) is 40.4. The number of aliphatic carboxylic acids is 1. The van der Waals surface area contributed by atoms with Crippen LogP contribution < -0.4 is 76.5 Å². The van der Waals surface area contributed by atoms with Crippen molar-refractivity contribution in [2.75, 3.05) is 13.1 Å². The van der Waals surface area contributed by atoms with Gasteiger partial charge in [-0.1, -0.05) is 80.0 Å². The molecule has 0 aliphatic rings. The molecule has 21 N–H and O–H groups in total. The van der Waals surface area contributed by atoms with Gasteiger partial charge in [0.15, 0.2) is 0 Å². The molecular weight excluding hydrogens is 1120 g/mol. The Hall–Kier alpha value is -8.21. The van der Waals surface area contributed by atoms with Crippen LogP contribution in [0.2, 0.25) is 0 Å². The van der Waals surface area contributed by atoms with Crippen molar-refractivity contribution in [3.63, 3.8) is 0 Å². The fourth-order valence-corrected chi connectivity index (χ4v) is 9.09. The van der Waals surface area contributed by atoms with E-state index < -0.39 is 182 Å². The Morgan fingerprint density at radius 1 is 0.523 bits per heavy atom. The number of nitrogens with two attached hydrogens (primary N) is 5. The summed E-state index contributed by atoms with van der Waals surface area (Å²) in [6.45, 7) is 13.6. The van der Waals surface area contributed by atoms with Crippen molar-refractivity contribution in [1.29, 1.82) is 0 Å². The van der Waals surface area contributed by atoms with Gasteiger partial charge < -0.3 is 86.6 Å². The standard InChI is InChI=1S/C57H93N15O14/c1-9-32(8)48(56(84)68-39(19-22-45(62)75)51(79)69-40(57(85)86)16-12-13-23-58)72-54(82)42(26-33-27-63-36-15-11-10-14-34(33)36)70-52(80)38(18-21-44(61)74)66-50(78)37(17-20-43(60)73)67-53(81)41(25-30(4)5)65-46(76)28-64-55(83)47(31(6)7)71-49(77)35(59)24-29(2)3/h10-11,14-15,27,29-32,35,37-42,47-48,63H,9,12-13,16-26,28,58-59H2,1-8H3,(H2,60,73)(H2,61,74)(H2,62,75)(H,64,83)(H,65,76)(H,66,78)(H,67,81)(H,68,84)(H,69,79)(H,70,80)(H,71,77)(H,72,82)(H,85,86)/t32-,35-,37-,38-,39-,40-,41-,42-,47-,48-/m0/s1. The van der Waals surface area contributed by atoms with Crippen molar-refractivity contribution < 1.29 is 67.4 Å². The van der Waals surface area contributed by atoms with Crippen molar-refractivity contribution in [3.8, 4) is 0 Å². The van der Waals surface area contributed by atoms with Gasteiger partial charge in [-0.05, 0) is 93.2 Å². The fraction of sp³-hybridized carbons (Fsp3) is 0.632. The van der Waals surface area contributed by atoms with Gasteiger partial charge >= 0.3 is 5.97 Å². The molecule has 1 aromatic carbocycles. The van der Waals surface area contributed by atoms with Gasteiger partial charge in [0.1, 0.15) is 48.3 Å². The molecule has 2 aromatic rings. The Kier molecular flexibility index (Phi) is 32.0. The van der Waals surface area contributed by atoms with Gasteiger partial charge in [-0.3, -0.25) is 57.5 Å². The Bertz CT molecular complexity index is 2660. The quantitative estimate of drug-likeness (QED) is 0.0315. The molecule has 0 radical (unpaired) electrons. The molecule has 29 nitrogen and oxygen atoms in total. The van der Waals surface area contributed by atoms with Gasteiger partial charge in [-0.2, -0.15) is 0 Å². The van der Waals surface area contributed by atoms with Crippen molar-refractivity contribution in [2.45, 2.75) is 193 Å². The predicted octanol–water partition coefficient (Wildman–Crippen LogP) is -2.16. The summed E-state index contributed by atoms with van der Waals surface area (Å²) < 4.78 is 0. The topological polar surface area (TPSA) is 496 Å². The molecule has 480 valence electrons. The molecule has 0 bridgehead atoms. The number of nitrogens with one attached hydrogen (secondary N) is 10. The minimum atomic E-state index is -1.68. The molecule has 12 amide bonds. The summed E-state index contributed by atoms with van der Waals surface area (Å²) in [6, 6.07) is -5.44. The van der Waals surface area contributed by atoms with E-state index in [0.717, 1.165) is 0 Å². The van der Waals surface area contributed by atoms with Crippen LogP contribution in [0.1, 0.15) is 138 Å². The largest absolute Gasteiger partial charge is 0.480 e. The van der Waals surface area contributed by atoms with Crippen LogP contribution in [0.3, 0.4) is 0 Å². The highest BCUT2D eigenvalue weighted by Gasteiger charge is 2.37. The molecule has 0 aliphatic heterocycles. The number of hydrogen-bond acceptors (Lipinski definition) is 15. The molecule has 86 heavy (non-hydrogen) atoms. The van der Waals surface area contributed by atoms with Crippen LogP contribution in [0.25, 0.3) is 10.9 Å². The number of carbonyl (C=O) groups is 13. The Morgan fingerprint density at radius 3 is 1.47 bits per heavy atom. The number of primary amides is 3. The second-order valence-electron chi connectivity index (χ2n) is 22.8. The first-order valence-corrected chi connectivity index (χ1v) is 29.2. The van der Waals surface area contributed by atoms with Gasteiger partial charge in [-0.15, -0.1) is 0 Å². The zero-order valence-corrected chi connectivity index (χ0v) is 50.6. The number of aromatic nitrogens is 1. The summed E-state index contributed by atoms with van der Waals surface area (Å²) in [5.74, 6) is -13.0. The maximum absolute atomic E-state index is 14.7. The van der Waals surface area contributed by atoms with E-state index in [9.17, 15) is 67.4 Å². The highest BCUT2D eigenvalue weighted by Crippen LogP contribution is 2.21. The molecule has 1 heterocycles. The van der Waals surface area contributed by atoms with Crippen LogP contribution in [0.4, 0.5) is 0 Å². The fourth-order valence-electron chi connectivity index (χ4n) is 9.09. The molecule has 0 fully saturated rings. The third kappa shape index (κ3) is 26.4. The lowest BCUT2D eigenvalue weighted by atomic mass is 9.96. The van der Waals surface area contributed by atoms with Gasteiger partial charge in [0.2, 0.25) is 70.9 Å². The molecule has 0 unspecified atom stereocenters. The number of H-pyrrole nitrogens is 1. The number of amides is 12. The number of hydrogen-bond donors (Lipinski definition) is 16. The average molecular weight is 1210 g/mol. The lowest BCUT2D eigenvalue weighted by Crippen LogP contribution is -2.61. The van der Waals surface area contributed by atoms with E-state index in [2.05, 4.69) is 52.8 Å². The molecule has 2 rings (SSSR count). The van der Waals surface area contributed by atoms with Crippen LogP contribution in [-0.2, 0) is 68.7 Å². The third-order valence-corrected chi connectivity index (χ3v) is 14.1. The molecule has 0 saturated heterocycles. The predicted molar refractivity (Wildman–Crippen MR) is 317 cm³/mol. The monoisotopic (exact) mass is 1210 g/mol. The van der Waals surface area contributed by atoms with Crippen LogP contribution in [-0.4, -0.2) is 154 Å². The van der Waals surface area contributed by atoms with E-state index in [1.165, 1.54) is 0 Å². The summed E-state index contributed by atoms with van der Waals surface area (Å²) >= 11 is 0. The Balaban J connectivity index is 2.54. The number of carboxylic acids is 1. The van der Waals surface area contributed by atoms with E-state index in [4.69, 9.17) is 28.7 Å². The number of unbranched alkanes of at least 4 members (excludes halogenated alkanes) is 1. The second-order valence-corrected chi connectivity index (χ2v) is 22.8. The lowest BCUT2D eigenvalue weighted by molar-refractivity contribution is -0.142. The van der Waals surface area contributed by atoms with Gasteiger partial charge in [-0.25, -0.2) is 4.79 Å². The molecule has 0 aliphatic carbocycles. The smallest absolute Gasteiger partial charge is 0.326 e. The number of rotatable bonds is 41. The minimum Gasteiger partial charge on any atom is -0.480 e. The zero-order chi connectivity index (χ0) is 65.0. The van der Waals surface area contributed by atoms with Crippen molar-refractivity contribution >= 4 is 87.8 Å². The third-order valence-electron chi connectivity index (χ3n) is 14.1. The summed E-state index contributed by atoms with van der Waals surface area (Å²) in [4.78, 5) is 177. The minimum absolute atomic E-state index is 0.00551. The number of carboxylic acid groups (broad SMARTS) is 1. The van der Waals surface area contributed by atoms with Crippen molar-refractivity contribution in [3.05, 3.63) is 36.0 Å². The molecule has 0 saturated carbocycles. The van der Waals surface area contributed by atoms with E-state index in [-0.39, 0.29) is 50.5 Å². The first-order valence-electron chi connectivity index (χ1n) is 29.2. The number of para-hydroxylation sites is 1. The Labute approximate surface area is 501 Å². The van der Waals surface area contributed by atoms with Gasteiger partial charge in [0.25, 0.3) is 0 Å². The van der Waals surface area contributed by atoms with E-state index in [1.54, 1.807) is 72.0 Å². The highest BCUT2D eigenvalue weighted by molar-refractivity contribution is 5.99. The zero-order valence-electron chi connectivity index (χ0n) is 50.6. The molecule has 0 spiro atoms.